The van der Waals surface area contributed by atoms with E-state index >= 15 is 0 Å². The minimum atomic E-state index is -0.548. The van der Waals surface area contributed by atoms with E-state index in [1.807, 2.05) is 6.92 Å². The van der Waals surface area contributed by atoms with E-state index in [-0.39, 0.29) is 48.8 Å². The second kappa shape index (κ2) is 12.6. The molecule has 1 aliphatic rings. The van der Waals surface area contributed by atoms with Crippen molar-refractivity contribution in [3.05, 3.63) is 89.1 Å². The second-order valence-corrected chi connectivity index (χ2v) is 9.77. The summed E-state index contributed by atoms with van der Waals surface area (Å²) in [5.74, 6) is 4.60. The van der Waals surface area contributed by atoms with Gasteiger partial charge >= 0.3 is 6.03 Å². The van der Waals surface area contributed by atoms with Gasteiger partial charge in [0.05, 0.1) is 19.2 Å². The van der Waals surface area contributed by atoms with E-state index in [1.54, 1.807) is 37.1 Å². The number of urea groups is 1. The van der Waals surface area contributed by atoms with Gasteiger partial charge in [0.2, 0.25) is 5.88 Å². The van der Waals surface area contributed by atoms with E-state index in [4.69, 9.17) is 4.74 Å². The summed E-state index contributed by atoms with van der Waals surface area (Å²) < 4.78 is 32.6. The topological polar surface area (TPSA) is 95.0 Å². The number of aliphatic hydroxyl groups is 1. The predicted molar refractivity (Wildman–Crippen MR) is 146 cm³/mol. The van der Waals surface area contributed by atoms with Crippen LogP contribution in [0.25, 0.3) is 0 Å². The number of fused-ring (bicyclic) bond motifs is 1. The molecule has 0 aliphatic carbocycles. The molecule has 0 saturated heterocycles. The van der Waals surface area contributed by atoms with E-state index in [1.165, 1.54) is 47.5 Å². The van der Waals surface area contributed by atoms with Gasteiger partial charge in [0, 0.05) is 42.5 Å². The molecule has 2 aromatic carbocycles. The molecule has 3 atom stereocenters. The molecule has 1 aromatic heterocycles. The van der Waals surface area contributed by atoms with Gasteiger partial charge in [-0.2, -0.15) is 0 Å². The number of rotatable bonds is 5. The molecule has 0 saturated carbocycles. The molecule has 0 spiro atoms. The molecule has 10 heteroatoms. The molecule has 2 heterocycles. The highest BCUT2D eigenvalue weighted by Crippen LogP contribution is 2.27. The van der Waals surface area contributed by atoms with Crippen LogP contribution in [0.3, 0.4) is 0 Å². The number of pyridine rings is 1. The van der Waals surface area contributed by atoms with E-state index < -0.39 is 24.0 Å². The number of anilines is 1. The fourth-order valence-corrected chi connectivity index (χ4v) is 4.17. The van der Waals surface area contributed by atoms with Crippen LogP contribution >= 0.6 is 0 Å². The number of benzene rings is 2. The highest BCUT2D eigenvalue weighted by atomic mass is 19.1. The van der Waals surface area contributed by atoms with Gasteiger partial charge in [-0.1, -0.05) is 18.8 Å². The molecule has 0 radical (unpaired) electrons. The number of amides is 3. The summed E-state index contributed by atoms with van der Waals surface area (Å²) in [6, 6.07) is 11.9. The van der Waals surface area contributed by atoms with E-state index in [2.05, 4.69) is 22.1 Å². The van der Waals surface area contributed by atoms with Crippen LogP contribution in [0.5, 0.6) is 5.88 Å². The number of nitrogens with one attached hydrogen (secondary N) is 1. The van der Waals surface area contributed by atoms with Gasteiger partial charge < -0.3 is 25.0 Å². The largest absolute Gasteiger partial charge is 0.472 e. The SMILES string of the molecule is C[C@H](CO)N1C[C@H](C)[C@@H](CN(C)C(=O)Nc2ccc(F)cc2)Oc2ncc(C#Cc3ccc(F)cc3)cc2C1=O. The lowest BCUT2D eigenvalue weighted by atomic mass is 10.00. The zero-order valence-electron chi connectivity index (χ0n) is 22.4. The summed E-state index contributed by atoms with van der Waals surface area (Å²) >= 11 is 0. The van der Waals surface area contributed by atoms with Crippen molar-refractivity contribution in [2.24, 2.45) is 5.92 Å². The predicted octanol–water partition coefficient (Wildman–Crippen LogP) is 4.14. The number of carbonyl (C=O) groups excluding carboxylic acids is 2. The number of carbonyl (C=O) groups is 2. The molecule has 1 aliphatic heterocycles. The third-order valence-corrected chi connectivity index (χ3v) is 6.61. The van der Waals surface area contributed by atoms with Crippen molar-refractivity contribution in [1.29, 1.82) is 0 Å². The Bertz CT molecular complexity index is 1420. The van der Waals surface area contributed by atoms with Crippen molar-refractivity contribution < 1.29 is 28.2 Å². The van der Waals surface area contributed by atoms with Crippen LogP contribution in [0.4, 0.5) is 19.3 Å². The minimum Gasteiger partial charge on any atom is -0.472 e. The molecule has 4 rings (SSSR count). The Balaban J connectivity index is 1.60. The number of likely N-dealkylation sites (N-methyl/N-ethyl adjacent to an activating group) is 1. The van der Waals surface area contributed by atoms with Gasteiger partial charge in [-0.3, -0.25) is 4.79 Å². The smallest absolute Gasteiger partial charge is 0.321 e. The molecule has 8 nitrogen and oxygen atoms in total. The number of hydrogen-bond donors (Lipinski definition) is 2. The molecule has 2 N–H and O–H groups in total. The van der Waals surface area contributed by atoms with E-state index in [9.17, 15) is 23.5 Å². The Morgan fingerprint density at radius 3 is 2.42 bits per heavy atom. The highest BCUT2D eigenvalue weighted by molar-refractivity contribution is 5.97. The first-order valence-corrected chi connectivity index (χ1v) is 12.8. The normalized spacial score (nSPS) is 17.4. The first kappa shape index (κ1) is 28.5. The van der Waals surface area contributed by atoms with E-state index in [0.29, 0.717) is 16.8 Å². The van der Waals surface area contributed by atoms with Gasteiger partial charge in [0.15, 0.2) is 0 Å². The number of halogens is 2. The first-order chi connectivity index (χ1) is 19.1. The number of aromatic nitrogens is 1. The highest BCUT2D eigenvalue weighted by Gasteiger charge is 2.34. The van der Waals surface area contributed by atoms with Gasteiger partial charge in [0.1, 0.15) is 23.3 Å². The Morgan fingerprint density at radius 1 is 1.15 bits per heavy atom. The average Bonchev–Trinajstić information content (AvgIpc) is 2.95. The summed E-state index contributed by atoms with van der Waals surface area (Å²) in [5, 5.41) is 12.6. The van der Waals surface area contributed by atoms with Crippen molar-refractivity contribution in [3.63, 3.8) is 0 Å². The third-order valence-electron chi connectivity index (χ3n) is 6.61. The second-order valence-electron chi connectivity index (χ2n) is 9.77. The molecule has 3 amide bonds. The molecule has 0 unspecified atom stereocenters. The zero-order chi connectivity index (χ0) is 28.8. The molecule has 208 valence electrons. The third kappa shape index (κ3) is 6.93. The number of ether oxygens (including phenoxy) is 1. The summed E-state index contributed by atoms with van der Waals surface area (Å²) in [7, 11) is 1.61. The number of aliphatic hydroxyl groups excluding tert-OH is 1. The van der Waals surface area contributed by atoms with Crippen LogP contribution in [-0.4, -0.2) is 70.7 Å². The molecule has 40 heavy (non-hydrogen) atoms. The summed E-state index contributed by atoms with van der Waals surface area (Å²) in [6.45, 7) is 3.83. The van der Waals surface area contributed by atoms with E-state index in [0.717, 1.165) is 0 Å². The summed E-state index contributed by atoms with van der Waals surface area (Å²) in [5.41, 5.74) is 1.68. The molecule has 3 aromatic rings. The van der Waals surface area contributed by atoms with Gasteiger partial charge in [0.25, 0.3) is 5.91 Å². The summed E-state index contributed by atoms with van der Waals surface area (Å²) in [6.07, 6.45) is 0.935. The monoisotopic (exact) mass is 548 g/mol. The fraction of sp³-hybridized carbons (Fsp3) is 0.300. The summed E-state index contributed by atoms with van der Waals surface area (Å²) in [4.78, 5) is 33.8. The Morgan fingerprint density at radius 2 is 1.77 bits per heavy atom. The lowest BCUT2D eigenvalue weighted by molar-refractivity contribution is 0.0356. The number of nitrogens with zero attached hydrogens (tertiary/aromatic N) is 3. The van der Waals surface area contributed by atoms with Gasteiger partial charge in [-0.05, 0) is 61.5 Å². The zero-order valence-corrected chi connectivity index (χ0v) is 22.4. The standard InChI is InChI=1S/C30H30F2N4O4/c1-19-16-36(20(2)18-37)29(38)26-14-22(5-4-21-6-8-23(31)9-7-21)15-33-28(26)40-27(19)17-35(3)30(39)34-25-12-10-24(32)11-13-25/h6-15,19-20,27,37H,16-18H2,1-3H3,(H,34,39)/t19-,20+,27+/m0/s1. The molecule has 0 bridgehead atoms. The van der Waals surface area contributed by atoms with Crippen LogP contribution in [0.1, 0.15) is 35.3 Å². The fourth-order valence-electron chi connectivity index (χ4n) is 4.17. The van der Waals surface area contributed by atoms with Crippen LogP contribution in [-0.2, 0) is 0 Å². The van der Waals surface area contributed by atoms with Gasteiger partial charge in [-0.25, -0.2) is 18.6 Å². The Labute approximate surface area is 231 Å². The minimum absolute atomic E-state index is 0.0939. The maximum absolute atomic E-state index is 13.6. The Hall–Kier alpha value is -4.49. The van der Waals surface area contributed by atoms with Crippen molar-refractivity contribution in [2.75, 3.05) is 32.1 Å². The van der Waals surface area contributed by atoms with Crippen LogP contribution in [0.15, 0.2) is 60.8 Å². The molecular formula is C30H30F2N4O4. The van der Waals surface area contributed by atoms with Gasteiger partial charge in [-0.15, -0.1) is 0 Å². The maximum Gasteiger partial charge on any atom is 0.321 e. The lowest BCUT2D eigenvalue weighted by Crippen LogP contribution is -2.50. The molecular weight excluding hydrogens is 518 g/mol. The van der Waals surface area contributed by atoms with Crippen LogP contribution in [0.2, 0.25) is 0 Å². The molecule has 0 fully saturated rings. The van der Waals surface area contributed by atoms with Crippen molar-refractivity contribution in [3.8, 4) is 17.7 Å². The van der Waals surface area contributed by atoms with Crippen molar-refractivity contribution in [1.82, 2.24) is 14.8 Å². The van der Waals surface area contributed by atoms with Crippen molar-refractivity contribution in [2.45, 2.75) is 26.0 Å². The van der Waals surface area contributed by atoms with Crippen LogP contribution in [0, 0.1) is 29.4 Å². The maximum atomic E-state index is 13.6. The van der Waals surface area contributed by atoms with Crippen molar-refractivity contribution >= 4 is 17.6 Å². The first-order valence-electron chi connectivity index (χ1n) is 12.8. The van der Waals surface area contributed by atoms with Crippen LogP contribution < -0.4 is 10.1 Å². The quantitative estimate of drug-likeness (QED) is 0.468. The number of hydrogen-bond acceptors (Lipinski definition) is 5. The Kier molecular flexibility index (Phi) is 8.97. The lowest BCUT2D eigenvalue weighted by Gasteiger charge is -2.37. The average molecular weight is 549 g/mol.